The van der Waals surface area contributed by atoms with Crippen LogP contribution in [-0.4, -0.2) is 18.8 Å². The first-order valence-electron chi connectivity index (χ1n) is 6.20. The molecule has 0 bridgehead atoms. The molecular weight excluding hydrogens is 376 g/mol. The molecule has 2 rings (SSSR count). The number of thioether (sulfide) groups is 1. The predicted molar refractivity (Wildman–Crippen MR) is 87.0 cm³/mol. The van der Waals surface area contributed by atoms with Gasteiger partial charge in [-0.3, -0.25) is 4.79 Å². The molecule has 1 amide bonds. The summed E-state index contributed by atoms with van der Waals surface area (Å²) in [5.74, 6) is -2.43. The van der Waals surface area contributed by atoms with Crippen molar-refractivity contribution in [3.63, 3.8) is 0 Å². The molecule has 0 radical (unpaired) electrons. The lowest BCUT2D eigenvalue weighted by Crippen LogP contribution is -2.13. The second-order valence-corrected chi connectivity index (χ2v) is 6.06. The third-order valence-electron chi connectivity index (χ3n) is 2.77. The molecule has 0 atom stereocenters. The van der Waals surface area contributed by atoms with Gasteiger partial charge in [-0.1, -0.05) is 23.9 Å². The first-order valence-corrected chi connectivity index (χ1v) is 7.87. The molecule has 3 nitrogen and oxygen atoms in total. The van der Waals surface area contributed by atoms with E-state index in [0.717, 1.165) is 0 Å². The third kappa shape index (κ3) is 4.20. The normalized spacial score (nSPS) is 10.6. The lowest BCUT2D eigenvalue weighted by atomic mass is 10.2. The molecule has 0 aliphatic carbocycles. The van der Waals surface area contributed by atoms with E-state index in [2.05, 4.69) is 21.2 Å². The maximum atomic E-state index is 12.5. The summed E-state index contributed by atoms with van der Waals surface area (Å²) in [4.78, 5) is 12.7. The molecule has 22 heavy (non-hydrogen) atoms. The number of ether oxygens (including phenoxy) is 1. The monoisotopic (exact) mass is 387 g/mol. The summed E-state index contributed by atoms with van der Waals surface area (Å²) in [6, 6.07) is 11.4. The third-order valence-corrected chi connectivity index (χ3v) is 4.25. The van der Waals surface area contributed by atoms with Crippen molar-refractivity contribution in [1.29, 1.82) is 0 Å². The van der Waals surface area contributed by atoms with Crippen molar-refractivity contribution in [2.45, 2.75) is 10.7 Å². The smallest absolute Gasteiger partial charge is 0.288 e. The molecule has 0 fully saturated rings. The van der Waals surface area contributed by atoms with E-state index >= 15 is 0 Å². The Morgan fingerprint density at radius 2 is 2.00 bits per heavy atom. The SMILES string of the molecule is COc1ccc(Br)c(C(=O)Nc2ccccc2SC(F)F)c1. The second kappa shape index (κ2) is 7.60. The number of carbonyl (C=O) groups is 1. The van der Waals surface area contributed by atoms with E-state index < -0.39 is 11.7 Å². The number of hydrogen-bond acceptors (Lipinski definition) is 3. The zero-order valence-electron chi connectivity index (χ0n) is 11.5. The molecule has 0 saturated carbocycles. The predicted octanol–water partition coefficient (Wildman–Crippen LogP) is 5.02. The number of anilines is 1. The van der Waals surface area contributed by atoms with E-state index in [1.54, 1.807) is 36.4 Å². The standard InChI is InChI=1S/C15H12BrF2NO2S/c1-21-9-6-7-11(16)10(8-9)14(20)19-12-4-2-3-5-13(12)22-15(17)18/h2-8,15H,1H3,(H,19,20). The summed E-state index contributed by atoms with van der Waals surface area (Å²) < 4.78 is 30.8. The average molecular weight is 388 g/mol. The quantitative estimate of drug-likeness (QED) is 0.731. The minimum atomic E-state index is -2.55. The van der Waals surface area contributed by atoms with Gasteiger partial charge in [0.15, 0.2) is 0 Å². The van der Waals surface area contributed by atoms with Crippen LogP contribution in [0.1, 0.15) is 10.4 Å². The van der Waals surface area contributed by atoms with Gasteiger partial charge in [0, 0.05) is 9.37 Å². The molecule has 0 spiro atoms. The molecule has 2 aromatic carbocycles. The van der Waals surface area contributed by atoms with E-state index in [0.29, 0.717) is 38.1 Å². The van der Waals surface area contributed by atoms with Gasteiger partial charge in [-0.2, -0.15) is 8.78 Å². The Bertz CT molecular complexity index is 682. The fourth-order valence-electron chi connectivity index (χ4n) is 1.76. The van der Waals surface area contributed by atoms with E-state index in [1.807, 2.05) is 0 Å². The maximum absolute atomic E-state index is 12.5. The Morgan fingerprint density at radius 3 is 2.68 bits per heavy atom. The van der Waals surface area contributed by atoms with Crippen molar-refractivity contribution in [1.82, 2.24) is 0 Å². The molecular formula is C15H12BrF2NO2S. The van der Waals surface area contributed by atoms with Crippen LogP contribution in [0.4, 0.5) is 14.5 Å². The first-order chi connectivity index (χ1) is 10.5. The number of alkyl halides is 2. The van der Waals surface area contributed by atoms with Gasteiger partial charge < -0.3 is 10.1 Å². The van der Waals surface area contributed by atoms with E-state index in [4.69, 9.17) is 4.74 Å². The molecule has 0 aliphatic rings. The Morgan fingerprint density at radius 1 is 1.27 bits per heavy atom. The van der Waals surface area contributed by atoms with Crippen LogP contribution in [0.3, 0.4) is 0 Å². The molecule has 0 unspecified atom stereocenters. The van der Waals surface area contributed by atoms with E-state index in [1.165, 1.54) is 13.2 Å². The minimum absolute atomic E-state index is 0.310. The van der Waals surface area contributed by atoms with Gasteiger partial charge >= 0.3 is 0 Å². The van der Waals surface area contributed by atoms with E-state index in [9.17, 15) is 13.6 Å². The first kappa shape index (κ1) is 16.8. The number of methoxy groups -OCH3 is 1. The van der Waals surface area contributed by atoms with Gasteiger partial charge in [0.25, 0.3) is 11.7 Å². The largest absolute Gasteiger partial charge is 0.497 e. The fraction of sp³-hybridized carbons (Fsp3) is 0.133. The van der Waals surface area contributed by atoms with Gasteiger partial charge in [0.2, 0.25) is 0 Å². The summed E-state index contributed by atoms with van der Waals surface area (Å²) in [5.41, 5.74) is 0.698. The number of para-hydroxylation sites is 1. The van der Waals surface area contributed by atoms with E-state index in [-0.39, 0.29) is 0 Å². The van der Waals surface area contributed by atoms with Gasteiger partial charge in [-0.25, -0.2) is 0 Å². The number of hydrogen-bond donors (Lipinski definition) is 1. The highest BCUT2D eigenvalue weighted by molar-refractivity contribution is 9.10. The zero-order chi connectivity index (χ0) is 16.1. The highest BCUT2D eigenvalue weighted by atomic mass is 79.9. The molecule has 116 valence electrons. The average Bonchev–Trinajstić information content (AvgIpc) is 2.49. The fourth-order valence-corrected chi connectivity index (χ4v) is 2.79. The number of nitrogens with one attached hydrogen (secondary N) is 1. The van der Waals surface area contributed by atoms with Crippen LogP contribution in [0.15, 0.2) is 51.8 Å². The maximum Gasteiger partial charge on any atom is 0.288 e. The summed E-state index contributed by atoms with van der Waals surface area (Å²) >= 11 is 3.68. The van der Waals surface area contributed by atoms with Crippen LogP contribution in [0.2, 0.25) is 0 Å². The van der Waals surface area contributed by atoms with Crippen LogP contribution in [-0.2, 0) is 0 Å². The highest BCUT2D eigenvalue weighted by Crippen LogP contribution is 2.32. The van der Waals surface area contributed by atoms with Crippen molar-refractivity contribution >= 4 is 39.3 Å². The van der Waals surface area contributed by atoms with Gasteiger partial charge in [-0.15, -0.1) is 0 Å². The summed E-state index contributed by atoms with van der Waals surface area (Å²) in [5, 5.41) is 2.65. The minimum Gasteiger partial charge on any atom is -0.497 e. The Kier molecular flexibility index (Phi) is 5.79. The second-order valence-electron chi connectivity index (χ2n) is 4.17. The lowest BCUT2D eigenvalue weighted by Gasteiger charge is -2.12. The van der Waals surface area contributed by atoms with Crippen molar-refractivity contribution < 1.29 is 18.3 Å². The molecule has 0 saturated heterocycles. The van der Waals surface area contributed by atoms with Crippen LogP contribution < -0.4 is 10.1 Å². The van der Waals surface area contributed by atoms with Crippen LogP contribution in [0.25, 0.3) is 0 Å². The van der Waals surface area contributed by atoms with Crippen molar-refractivity contribution in [3.05, 3.63) is 52.5 Å². The van der Waals surface area contributed by atoms with Crippen LogP contribution in [0.5, 0.6) is 5.75 Å². The highest BCUT2D eigenvalue weighted by Gasteiger charge is 2.15. The number of rotatable bonds is 5. The Labute approximate surface area is 139 Å². The number of amides is 1. The number of carbonyl (C=O) groups excluding carboxylic acids is 1. The molecule has 0 heterocycles. The number of halogens is 3. The topological polar surface area (TPSA) is 38.3 Å². The Hall–Kier alpha value is -1.60. The molecule has 0 aromatic heterocycles. The summed E-state index contributed by atoms with van der Waals surface area (Å²) in [7, 11) is 1.50. The summed E-state index contributed by atoms with van der Waals surface area (Å²) in [6.07, 6.45) is 0. The Balaban J connectivity index is 2.26. The molecule has 7 heteroatoms. The number of benzene rings is 2. The lowest BCUT2D eigenvalue weighted by molar-refractivity contribution is 0.102. The molecule has 1 N–H and O–H groups in total. The summed E-state index contributed by atoms with van der Waals surface area (Å²) in [6.45, 7) is 0. The molecule has 2 aromatic rings. The zero-order valence-corrected chi connectivity index (χ0v) is 13.9. The van der Waals surface area contributed by atoms with Crippen molar-refractivity contribution in [2.75, 3.05) is 12.4 Å². The van der Waals surface area contributed by atoms with Crippen LogP contribution >= 0.6 is 27.7 Å². The van der Waals surface area contributed by atoms with Crippen LogP contribution in [0, 0.1) is 0 Å². The van der Waals surface area contributed by atoms with Crippen molar-refractivity contribution in [2.24, 2.45) is 0 Å². The molecule has 0 aliphatic heterocycles. The van der Waals surface area contributed by atoms with Gasteiger partial charge in [0.1, 0.15) is 5.75 Å². The van der Waals surface area contributed by atoms with Gasteiger partial charge in [0.05, 0.1) is 18.4 Å². The van der Waals surface area contributed by atoms with Gasteiger partial charge in [-0.05, 0) is 46.3 Å². The van der Waals surface area contributed by atoms with Crippen molar-refractivity contribution in [3.8, 4) is 5.75 Å².